The van der Waals surface area contributed by atoms with E-state index in [0.29, 0.717) is 0 Å². The number of Topliss-reactive ketones (excluding diaryl/α,β-unsaturated/α-hetero) is 1. The first-order chi connectivity index (χ1) is 12.5. The van der Waals surface area contributed by atoms with Crippen LogP contribution in [0.2, 0.25) is 0 Å². The predicted octanol–water partition coefficient (Wildman–Crippen LogP) is 3.42. The van der Waals surface area contributed by atoms with Gasteiger partial charge in [0.25, 0.3) is 0 Å². The molecule has 0 amide bonds. The van der Waals surface area contributed by atoms with Crippen LogP contribution in [0.1, 0.15) is 41.2 Å². The maximum atomic E-state index is 12.8. The van der Waals surface area contributed by atoms with Crippen LogP contribution >= 0.6 is 0 Å². The van der Waals surface area contributed by atoms with Gasteiger partial charge in [-0.2, -0.15) is 0 Å². The average Bonchev–Trinajstić information content (AvgIpc) is 3.16. The van der Waals surface area contributed by atoms with E-state index in [1.165, 1.54) is 0 Å². The minimum Gasteiger partial charge on any atom is -0.504 e. The molecule has 0 saturated carbocycles. The van der Waals surface area contributed by atoms with Crippen LogP contribution < -0.4 is 0 Å². The van der Waals surface area contributed by atoms with Crippen molar-refractivity contribution in [1.29, 1.82) is 0 Å². The molecule has 1 unspecified atom stereocenters. The number of aromatic hydroxyl groups is 2. The zero-order valence-electron chi connectivity index (χ0n) is 14.2. The molecule has 7 heteroatoms. The van der Waals surface area contributed by atoms with Gasteiger partial charge in [0.15, 0.2) is 11.5 Å². The number of likely N-dealkylation sites (tertiary alicyclic amines) is 1. The van der Waals surface area contributed by atoms with Crippen molar-refractivity contribution in [3.63, 3.8) is 0 Å². The molecule has 1 heterocycles. The van der Waals surface area contributed by atoms with E-state index in [1.807, 2.05) is 30.3 Å². The summed E-state index contributed by atoms with van der Waals surface area (Å²) >= 11 is 0. The van der Waals surface area contributed by atoms with Crippen LogP contribution in [-0.2, 0) is 0 Å². The van der Waals surface area contributed by atoms with Crippen LogP contribution in [0.4, 0.5) is 5.69 Å². The highest BCUT2D eigenvalue weighted by Gasteiger charge is 2.28. The summed E-state index contributed by atoms with van der Waals surface area (Å²) in [6, 6.07) is 11.6. The van der Waals surface area contributed by atoms with Gasteiger partial charge in [-0.1, -0.05) is 30.3 Å². The Labute approximate surface area is 150 Å². The molecule has 7 nitrogen and oxygen atoms in total. The van der Waals surface area contributed by atoms with Crippen molar-refractivity contribution < 1.29 is 19.9 Å². The molecular weight excluding hydrogens is 336 g/mol. The summed E-state index contributed by atoms with van der Waals surface area (Å²) in [4.78, 5) is 25.2. The maximum Gasteiger partial charge on any atom is 0.315 e. The lowest BCUT2D eigenvalue weighted by atomic mass is 9.96. The summed E-state index contributed by atoms with van der Waals surface area (Å²) in [7, 11) is 0. The molecule has 3 rings (SSSR count). The number of rotatable bonds is 6. The van der Waals surface area contributed by atoms with E-state index in [4.69, 9.17) is 0 Å². The highest BCUT2D eigenvalue weighted by molar-refractivity contribution is 5.98. The van der Waals surface area contributed by atoms with E-state index in [9.17, 15) is 25.1 Å². The molecule has 2 aromatic carbocycles. The number of hydrogen-bond acceptors (Lipinski definition) is 6. The molecule has 1 aliphatic rings. The molecule has 1 saturated heterocycles. The second kappa shape index (κ2) is 7.53. The van der Waals surface area contributed by atoms with E-state index in [-0.39, 0.29) is 23.8 Å². The van der Waals surface area contributed by atoms with E-state index in [0.717, 1.165) is 43.6 Å². The van der Waals surface area contributed by atoms with Crippen molar-refractivity contribution >= 4 is 11.5 Å². The molecule has 1 fully saturated rings. The number of benzene rings is 2. The first-order valence-electron chi connectivity index (χ1n) is 8.50. The monoisotopic (exact) mass is 356 g/mol. The van der Waals surface area contributed by atoms with Gasteiger partial charge in [-0.3, -0.25) is 19.8 Å². The van der Waals surface area contributed by atoms with Crippen LogP contribution in [0, 0.1) is 10.1 Å². The van der Waals surface area contributed by atoms with Gasteiger partial charge in [-0.15, -0.1) is 0 Å². The van der Waals surface area contributed by atoms with Crippen molar-refractivity contribution in [2.45, 2.75) is 25.3 Å². The molecule has 0 spiro atoms. The number of phenolic OH excluding ortho intramolecular Hbond substituents is 2. The molecule has 26 heavy (non-hydrogen) atoms. The van der Waals surface area contributed by atoms with Gasteiger partial charge >= 0.3 is 5.69 Å². The SMILES string of the molecule is O=C(CC(c1ccccc1)N1CCCC1)c1cc(O)c(O)c([N+](=O)[O-])c1. The Bertz CT molecular complexity index is 816. The smallest absolute Gasteiger partial charge is 0.315 e. The predicted molar refractivity (Wildman–Crippen MR) is 95.4 cm³/mol. The van der Waals surface area contributed by atoms with E-state index >= 15 is 0 Å². The van der Waals surface area contributed by atoms with E-state index < -0.39 is 22.1 Å². The van der Waals surface area contributed by atoms with Gasteiger partial charge < -0.3 is 10.2 Å². The zero-order valence-corrected chi connectivity index (χ0v) is 14.2. The number of carbonyl (C=O) groups is 1. The Morgan fingerprint density at radius 2 is 1.81 bits per heavy atom. The first kappa shape index (κ1) is 17.9. The Balaban J connectivity index is 1.90. The Morgan fingerprint density at radius 3 is 2.42 bits per heavy atom. The second-order valence-corrected chi connectivity index (χ2v) is 6.42. The van der Waals surface area contributed by atoms with Crippen molar-refractivity contribution in [2.75, 3.05) is 13.1 Å². The second-order valence-electron chi connectivity index (χ2n) is 6.42. The number of carbonyl (C=O) groups excluding carboxylic acids is 1. The molecule has 1 atom stereocenters. The summed E-state index contributed by atoms with van der Waals surface area (Å²) in [5.74, 6) is -1.81. The molecule has 2 N–H and O–H groups in total. The normalized spacial score (nSPS) is 15.7. The Kier molecular flexibility index (Phi) is 5.18. The van der Waals surface area contributed by atoms with Crippen LogP contribution in [-0.4, -0.2) is 38.9 Å². The highest BCUT2D eigenvalue weighted by Crippen LogP contribution is 2.37. The molecule has 0 aliphatic carbocycles. The standard InChI is InChI=1S/C19H20N2O5/c22-17(14-10-16(21(25)26)19(24)18(23)11-14)12-15(20-8-4-5-9-20)13-6-2-1-3-7-13/h1-3,6-7,10-11,15,23-24H,4-5,8-9,12H2. The summed E-state index contributed by atoms with van der Waals surface area (Å²) in [6.07, 6.45) is 2.29. The molecule has 0 aromatic heterocycles. The minimum absolute atomic E-state index is 0.0205. The number of nitro groups is 1. The summed E-state index contributed by atoms with van der Waals surface area (Å²) in [5.41, 5.74) is 0.359. The zero-order chi connectivity index (χ0) is 18.7. The highest BCUT2D eigenvalue weighted by atomic mass is 16.6. The van der Waals surface area contributed by atoms with Crippen LogP contribution in [0.3, 0.4) is 0 Å². The summed E-state index contributed by atoms with van der Waals surface area (Å²) < 4.78 is 0. The Hall–Kier alpha value is -2.93. The van der Waals surface area contributed by atoms with Crippen LogP contribution in [0.25, 0.3) is 0 Å². The average molecular weight is 356 g/mol. The number of ketones is 1. The van der Waals surface area contributed by atoms with Crippen molar-refractivity contribution in [3.8, 4) is 11.5 Å². The van der Waals surface area contributed by atoms with Gasteiger partial charge in [0.05, 0.1) is 4.92 Å². The Morgan fingerprint density at radius 1 is 1.15 bits per heavy atom. The maximum absolute atomic E-state index is 12.8. The fourth-order valence-electron chi connectivity index (χ4n) is 3.38. The van der Waals surface area contributed by atoms with Crippen LogP contribution in [0.5, 0.6) is 11.5 Å². The van der Waals surface area contributed by atoms with Gasteiger partial charge in [-0.25, -0.2) is 0 Å². The number of hydrogen-bond donors (Lipinski definition) is 2. The third-order valence-corrected chi connectivity index (χ3v) is 4.73. The van der Waals surface area contributed by atoms with E-state index in [1.54, 1.807) is 0 Å². The van der Waals surface area contributed by atoms with Crippen LogP contribution in [0.15, 0.2) is 42.5 Å². The molecule has 1 aliphatic heterocycles. The first-order valence-corrected chi connectivity index (χ1v) is 8.50. The molecule has 2 aromatic rings. The van der Waals surface area contributed by atoms with Crippen molar-refractivity contribution in [3.05, 3.63) is 63.7 Å². The lowest BCUT2D eigenvalue weighted by Crippen LogP contribution is -2.27. The van der Waals surface area contributed by atoms with Gasteiger partial charge in [0.1, 0.15) is 0 Å². The topological polar surface area (TPSA) is 104 Å². The van der Waals surface area contributed by atoms with Crippen molar-refractivity contribution in [2.24, 2.45) is 0 Å². The number of nitrogens with zero attached hydrogens (tertiary/aromatic N) is 2. The largest absolute Gasteiger partial charge is 0.504 e. The van der Waals surface area contributed by atoms with Crippen molar-refractivity contribution in [1.82, 2.24) is 4.90 Å². The molecular formula is C19H20N2O5. The number of phenols is 2. The molecule has 136 valence electrons. The summed E-state index contributed by atoms with van der Waals surface area (Å²) in [5, 5.41) is 30.3. The van der Waals surface area contributed by atoms with Gasteiger partial charge in [-0.05, 0) is 37.6 Å². The van der Waals surface area contributed by atoms with E-state index in [2.05, 4.69) is 4.90 Å². The molecule has 0 radical (unpaired) electrons. The fourth-order valence-corrected chi connectivity index (χ4v) is 3.38. The van der Waals surface area contributed by atoms with Gasteiger partial charge in [0.2, 0.25) is 5.75 Å². The summed E-state index contributed by atoms with van der Waals surface area (Å²) in [6.45, 7) is 1.79. The lowest BCUT2D eigenvalue weighted by Gasteiger charge is -2.27. The third kappa shape index (κ3) is 3.67. The quantitative estimate of drug-likeness (QED) is 0.356. The van der Waals surface area contributed by atoms with Gasteiger partial charge in [0, 0.05) is 24.1 Å². The molecule has 0 bridgehead atoms. The minimum atomic E-state index is -0.828. The fraction of sp³-hybridized carbons (Fsp3) is 0.316. The number of nitro benzene ring substituents is 1. The lowest BCUT2D eigenvalue weighted by molar-refractivity contribution is -0.386. The third-order valence-electron chi connectivity index (χ3n) is 4.73.